The summed E-state index contributed by atoms with van der Waals surface area (Å²) in [5.74, 6) is 1.65. The molecule has 0 saturated carbocycles. The van der Waals surface area contributed by atoms with E-state index in [1.54, 1.807) is 0 Å². The molecule has 5 heteroatoms. The molecular weight excluding hydrogens is 310 g/mol. The highest BCUT2D eigenvalue weighted by Gasteiger charge is 2.30. The Morgan fingerprint density at radius 2 is 1.88 bits per heavy atom. The number of rotatable bonds is 5. The number of aromatic nitrogens is 3. The quantitative estimate of drug-likeness (QED) is 0.769. The molecule has 1 N–H and O–H groups in total. The van der Waals surface area contributed by atoms with Crippen molar-refractivity contribution in [1.82, 2.24) is 19.9 Å². The molecule has 1 saturated heterocycles. The maximum atomic E-state index is 4.68. The van der Waals surface area contributed by atoms with Gasteiger partial charge in [-0.05, 0) is 43.2 Å². The Kier molecular flexibility index (Phi) is 4.39. The van der Waals surface area contributed by atoms with Gasteiger partial charge in [0.1, 0.15) is 11.6 Å². The van der Waals surface area contributed by atoms with Crippen LogP contribution in [0.2, 0.25) is 0 Å². The van der Waals surface area contributed by atoms with Crippen LogP contribution in [0.5, 0.6) is 0 Å². The minimum absolute atomic E-state index is 0.353. The standard InChI is InChI=1S/C20H21N5/c1-15-22-18(13-20(23-15)24-17-5-3-2-4-6-17)19-9-12-25(19)14-16-7-10-21-11-8-16/h2-8,10-11,13,19H,9,12,14H2,1H3,(H,22,23,24). The zero-order valence-electron chi connectivity index (χ0n) is 14.3. The first-order valence-corrected chi connectivity index (χ1v) is 8.58. The van der Waals surface area contributed by atoms with Crippen LogP contribution in [-0.4, -0.2) is 26.4 Å². The van der Waals surface area contributed by atoms with Crippen LogP contribution in [0.1, 0.15) is 29.5 Å². The molecule has 25 heavy (non-hydrogen) atoms. The zero-order chi connectivity index (χ0) is 17.1. The van der Waals surface area contributed by atoms with E-state index >= 15 is 0 Å². The minimum Gasteiger partial charge on any atom is -0.340 e. The van der Waals surface area contributed by atoms with Crippen molar-refractivity contribution in [2.24, 2.45) is 0 Å². The molecule has 1 fully saturated rings. The number of para-hydroxylation sites is 1. The fourth-order valence-corrected chi connectivity index (χ4v) is 3.18. The van der Waals surface area contributed by atoms with Gasteiger partial charge in [0.25, 0.3) is 0 Å². The van der Waals surface area contributed by atoms with Gasteiger partial charge in [0, 0.05) is 37.2 Å². The highest BCUT2D eigenvalue weighted by Crippen LogP contribution is 2.34. The van der Waals surface area contributed by atoms with E-state index in [-0.39, 0.29) is 0 Å². The van der Waals surface area contributed by atoms with Crippen molar-refractivity contribution in [2.75, 3.05) is 11.9 Å². The monoisotopic (exact) mass is 331 g/mol. The molecule has 0 radical (unpaired) electrons. The van der Waals surface area contributed by atoms with Gasteiger partial charge < -0.3 is 5.32 Å². The van der Waals surface area contributed by atoms with Gasteiger partial charge in [-0.3, -0.25) is 9.88 Å². The van der Waals surface area contributed by atoms with Gasteiger partial charge in [-0.1, -0.05) is 18.2 Å². The first-order chi connectivity index (χ1) is 12.3. The highest BCUT2D eigenvalue weighted by molar-refractivity contribution is 5.56. The highest BCUT2D eigenvalue weighted by atomic mass is 15.2. The summed E-state index contributed by atoms with van der Waals surface area (Å²) in [6, 6.07) is 16.7. The second kappa shape index (κ2) is 6.99. The number of anilines is 2. The number of likely N-dealkylation sites (tertiary alicyclic amines) is 1. The van der Waals surface area contributed by atoms with Gasteiger partial charge in [0.05, 0.1) is 11.7 Å². The molecule has 1 aliphatic heterocycles. The van der Waals surface area contributed by atoms with Crippen molar-refractivity contribution in [3.63, 3.8) is 0 Å². The largest absolute Gasteiger partial charge is 0.340 e. The average Bonchev–Trinajstić information content (AvgIpc) is 2.60. The van der Waals surface area contributed by atoms with Crippen molar-refractivity contribution in [3.8, 4) is 0 Å². The first-order valence-electron chi connectivity index (χ1n) is 8.58. The van der Waals surface area contributed by atoms with E-state index in [0.717, 1.165) is 42.5 Å². The summed E-state index contributed by atoms with van der Waals surface area (Å²) < 4.78 is 0. The number of nitrogens with zero attached hydrogens (tertiary/aromatic N) is 4. The molecule has 1 atom stereocenters. The molecule has 0 amide bonds. The number of benzene rings is 1. The number of hydrogen-bond donors (Lipinski definition) is 1. The Bertz CT molecular complexity index is 835. The third-order valence-corrected chi connectivity index (χ3v) is 4.51. The molecule has 3 heterocycles. The van der Waals surface area contributed by atoms with Crippen LogP contribution in [0.3, 0.4) is 0 Å². The second-order valence-corrected chi connectivity index (χ2v) is 6.35. The van der Waals surface area contributed by atoms with Crippen molar-refractivity contribution >= 4 is 11.5 Å². The molecule has 3 aromatic rings. The summed E-state index contributed by atoms with van der Waals surface area (Å²) in [5.41, 5.74) is 3.41. The number of nitrogens with one attached hydrogen (secondary N) is 1. The van der Waals surface area contributed by atoms with E-state index in [0.29, 0.717) is 6.04 Å². The normalized spacial score (nSPS) is 17.1. The minimum atomic E-state index is 0.353. The maximum Gasteiger partial charge on any atom is 0.134 e. The Morgan fingerprint density at radius 1 is 1.08 bits per heavy atom. The van der Waals surface area contributed by atoms with Gasteiger partial charge in [-0.25, -0.2) is 9.97 Å². The average molecular weight is 331 g/mol. The molecule has 1 aliphatic rings. The van der Waals surface area contributed by atoms with E-state index in [1.807, 2.05) is 49.6 Å². The Hall–Kier alpha value is -2.79. The number of hydrogen-bond acceptors (Lipinski definition) is 5. The van der Waals surface area contributed by atoms with Crippen LogP contribution in [0.15, 0.2) is 60.9 Å². The molecular formula is C20H21N5. The predicted octanol–water partition coefficient (Wildman–Crippen LogP) is 3.87. The van der Waals surface area contributed by atoms with Gasteiger partial charge >= 0.3 is 0 Å². The first kappa shape index (κ1) is 15.7. The van der Waals surface area contributed by atoms with Crippen LogP contribution < -0.4 is 5.32 Å². The third-order valence-electron chi connectivity index (χ3n) is 4.51. The summed E-state index contributed by atoms with van der Waals surface area (Å²) in [4.78, 5) is 15.8. The Balaban J connectivity index is 1.52. The van der Waals surface area contributed by atoms with Crippen molar-refractivity contribution < 1.29 is 0 Å². The maximum absolute atomic E-state index is 4.68. The predicted molar refractivity (Wildman–Crippen MR) is 98.5 cm³/mol. The van der Waals surface area contributed by atoms with Gasteiger partial charge in [-0.15, -0.1) is 0 Å². The Labute approximate surface area is 147 Å². The molecule has 2 aromatic heterocycles. The SMILES string of the molecule is Cc1nc(Nc2ccccc2)cc(C2CCN2Cc2ccncc2)n1. The molecule has 0 aliphatic carbocycles. The van der Waals surface area contributed by atoms with E-state index in [4.69, 9.17) is 0 Å². The molecule has 4 rings (SSSR count). The lowest BCUT2D eigenvalue weighted by Gasteiger charge is -2.40. The summed E-state index contributed by atoms with van der Waals surface area (Å²) in [6.07, 6.45) is 4.83. The topological polar surface area (TPSA) is 53.9 Å². The molecule has 1 aromatic carbocycles. The lowest BCUT2D eigenvalue weighted by Crippen LogP contribution is -2.40. The second-order valence-electron chi connectivity index (χ2n) is 6.35. The smallest absolute Gasteiger partial charge is 0.134 e. The third kappa shape index (κ3) is 3.67. The molecule has 126 valence electrons. The van der Waals surface area contributed by atoms with Crippen LogP contribution in [0.4, 0.5) is 11.5 Å². The fourth-order valence-electron chi connectivity index (χ4n) is 3.18. The summed E-state index contributed by atoms with van der Waals surface area (Å²) >= 11 is 0. The van der Waals surface area contributed by atoms with Crippen molar-refractivity contribution in [1.29, 1.82) is 0 Å². The Morgan fingerprint density at radius 3 is 2.60 bits per heavy atom. The van der Waals surface area contributed by atoms with E-state index < -0.39 is 0 Å². The number of aryl methyl sites for hydroxylation is 1. The van der Waals surface area contributed by atoms with Gasteiger partial charge in [0.2, 0.25) is 0 Å². The lowest BCUT2D eigenvalue weighted by atomic mass is 9.98. The molecule has 0 spiro atoms. The molecule has 0 bridgehead atoms. The zero-order valence-corrected chi connectivity index (χ0v) is 14.3. The molecule has 1 unspecified atom stereocenters. The summed E-state index contributed by atoms with van der Waals surface area (Å²) in [7, 11) is 0. The van der Waals surface area contributed by atoms with Crippen LogP contribution in [-0.2, 0) is 6.54 Å². The van der Waals surface area contributed by atoms with Crippen LogP contribution >= 0.6 is 0 Å². The van der Waals surface area contributed by atoms with E-state index in [2.05, 4.69) is 43.4 Å². The van der Waals surface area contributed by atoms with E-state index in [9.17, 15) is 0 Å². The lowest BCUT2D eigenvalue weighted by molar-refractivity contribution is 0.0785. The summed E-state index contributed by atoms with van der Waals surface area (Å²) in [6.45, 7) is 3.97. The van der Waals surface area contributed by atoms with E-state index in [1.165, 1.54) is 5.56 Å². The van der Waals surface area contributed by atoms with Crippen LogP contribution in [0, 0.1) is 6.92 Å². The van der Waals surface area contributed by atoms with Gasteiger partial charge in [-0.2, -0.15) is 0 Å². The summed E-state index contributed by atoms with van der Waals surface area (Å²) in [5, 5.41) is 3.37. The number of pyridine rings is 1. The van der Waals surface area contributed by atoms with Gasteiger partial charge in [0.15, 0.2) is 0 Å². The van der Waals surface area contributed by atoms with Crippen molar-refractivity contribution in [3.05, 3.63) is 78.0 Å². The fraction of sp³-hybridized carbons (Fsp3) is 0.250. The van der Waals surface area contributed by atoms with Crippen LogP contribution in [0.25, 0.3) is 0 Å². The molecule has 5 nitrogen and oxygen atoms in total. The van der Waals surface area contributed by atoms with Crippen molar-refractivity contribution in [2.45, 2.75) is 25.9 Å².